The zero-order valence-electron chi connectivity index (χ0n) is 14.8. The van der Waals surface area contributed by atoms with Crippen LogP contribution in [0.15, 0.2) is 53.3 Å². The summed E-state index contributed by atoms with van der Waals surface area (Å²) >= 11 is 0. The lowest BCUT2D eigenvalue weighted by Crippen LogP contribution is -2.44. The Morgan fingerprint density at radius 1 is 1.11 bits per heavy atom. The minimum atomic E-state index is -0.382. The number of pyridine rings is 1. The Kier molecular flexibility index (Phi) is 4.61. The van der Waals surface area contributed by atoms with Crippen LogP contribution in [-0.2, 0) is 6.54 Å². The van der Waals surface area contributed by atoms with E-state index in [2.05, 4.69) is 11.4 Å². The van der Waals surface area contributed by atoms with E-state index in [1.165, 1.54) is 12.1 Å². The van der Waals surface area contributed by atoms with Gasteiger partial charge >= 0.3 is 0 Å². The van der Waals surface area contributed by atoms with Gasteiger partial charge in [0.25, 0.3) is 5.56 Å². The lowest BCUT2D eigenvalue weighted by atomic mass is 10.1. The largest absolute Gasteiger partial charge is 0.367 e. The second kappa shape index (κ2) is 7.22. The SMILES string of the molecule is N#Cc1c(N2CCNCC2)c2cc(F)ccc2n(Cc2ccccc2)c1=O. The predicted molar refractivity (Wildman–Crippen MR) is 104 cm³/mol. The van der Waals surface area contributed by atoms with Crippen molar-refractivity contribution in [1.29, 1.82) is 5.26 Å². The van der Waals surface area contributed by atoms with Crippen molar-refractivity contribution in [3.05, 3.63) is 75.8 Å². The van der Waals surface area contributed by atoms with Gasteiger partial charge in [-0.25, -0.2) is 4.39 Å². The van der Waals surface area contributed by atoms with E-state index >= 15 is 0 Å². The minimum absolute atomic E-state index is 0.0749. The van der Waals surface area contributed by atoms with Gasteiger partial charge in [-0.05, 0) is 23.8 Å². The van der Waals surface area contributed by atoms with Crippen LogP contribution < -0.4 is 15.8 Å². The molecule has 136 valence electrons. The zero-order chi connectivity index (χ0) is 18.8. The topological polar surface area (TPSA) is 61.1 Å². The highest BCUT2D eigenvalue weighted by atomic mass is 19.1. The van der Waals surface area contributed by atoms with Gasteiger partial charge in [0.1, 0.15) is 17.4 Å². The molecule has 3 aromatic rings. The summed E-state index contributed by atoms with van der Waals surface area (Å²) < 4.78 is 15.6. The maximum atomic E-state index is 14.1. The molecule has 1 N–H and O–H groups in total. The van der Waals surface area contributed by atoms with E-state index in [1.807, 2.05) is 35.2 Å². The summed E-state index contributed by atoms with van der Waals surface area (Å²) in [5.41, 5.74) is 1.87. The number of fused-ring (bicyclic) bond motifs is 1. The first-order valence-corrected chi connectivity index (χ1v) is 8.95. The number of nitrogens with one attached hydrogen (secondary N) is 1. The Labute approximate surface area is 156 Å². The van der Waals surface area contributed by atoms with Gasteiger partial charge in [0, 0.05) is 31.6 Å². The summed E-state index contributed by atoms with van der Waals surface area (Å²) in [5, 5.41) is 13.6. The fourth-order valence-electron chi connectivity index (χ4n) is 3.65. The molecule has 0 unspecified atom stereocenters. The van der Waals surface area contributed by atoms with Gasteiger partial charge in [0.15, 0.2) is 0 Å². The normalized spacial score (nSPS) is 14.3. The number of piperazine rings is 1. The first-order chi connectivity index (χ1) is 13.2. The molecule has 27 heavy (non-hydrogen) atoms. The molecule has 2 aromatic carbocycles. The van der Waals surface area contributed by atoms with E-state index in [9.17, 15) is 14.4 Å². The van der Waals surface area contributed by atoms with E-state index in [-0.39, 0.29) is 16.9 Å². The molecule has 5 nitrogen and oxygen atoms in total. The summed E-state index contributed by atoms with van der Waals surface area (Å²) in [7, 11) is 0. The van der Waals surface area contributed by atoms with Crippen molar-refractivity contribution < 1.29 is 4.39 Å². The molecule has 2 heterocycles. The number of anilines is 1. The smallest absolute Gasteiger partial charge is 0.271 e. The Balaban J connectivity index is 1.99. The Hall–Kier alpha value is -3.17. The number of rotatable bonds is 3. The average molecular weight is 362 g/mol. The fourth-order valence-corrected chi connectivity index (χ4v) is 3.65. The Morgan fingerprint density at radius 2 is 1.85 bits per heavy atom. The number of hydrogen-bond donors (Lipinski definition) is 1. The summed E-state index contributed by atoms with van der Waals surface area (Å²) in [4.78, 5) is 15.2. The number of hydrogen-bond acceptors (Lipinski definition) is 4. The van der Waals surface area contributed by atoms with Crippen molar-refractivity contribution in [1.82, 2.24) is 9.88 Å². The molecule has 0 radical (unpaired) electrons. The average Bonchev–Trinajstić information content (AvgIpc) is 2.71. The molecule has 0 aliphatic carbocycles. The molecular formula is C21H19FN4O. The van der Waals surface area contributed by atoms with Gasteiger partial charge in [-0.15, -0.1) is 0 Å². The first-order valence-electron chi connectivity index (χ1n) is 8.95. The zero-order valence-corrected chi connectivity index (χ0v) is 14.8. The molecule has 1 aliphatic heterocycles. The maximum absolute atomic E-state index is 14.1. The van der Waals surface area contributed by atoms with Gasteiger partial charge in [-0.2, -0.15) is 5.26 Å². The molecule has 1 aromatic heterocycles. The van der Waals surface area contributed by atoms with Crippen LogP contribution in [0.25, 0.3) is 10.9 Å². The standard InChI is InChI=1S/C21H19FN4O/c22-16-6-7-19-17(12-16)20(25-10-8-24-9-11-25)18(13-23)21(27)26(19)14-15-4-2-1-3-5-15/h1-7,12,24H,8-11,14H2. The van der Waals surface area contributed by atoms with E-state index in [0.29, 0.717) is 36.2 Å². The van der Waals surface area contributed by atoms with E-state index in [0.717, 1.165) is 18.7 Å². The highest BCUT2D eigenvalue weighted by Crippen LogP contribution is 2.30. The van der Waals surface area contributed by atoms with Crippen molar-refractivity contribution in [3.8, 4) is 6.07 Å². The van der Waals surface area contributed by atoms with Gasteiger partial charge in [0.2, 0.25) is 0 Å². The van der Waals surface area contributed by atoms with Gasteiger partial charge in [-0.3, -0.25) is 4.79 Å². The third-order valence-corrected chi connectivity index (χ3v) is 4.93. The third-order valence-electron chi connectivity index (χ3n) is 4.93. The second-order valence-electron chi connectivity index (χ2n) is 6.61. The second-order valence-corrected chi connectivity index (χ2v) is 6.61. The van der Waals surface area contributed by atoms with Crippen molar-refractivity contribution >= 4 is 16.6 Å². The molecule has 0 saturated carbocycles. The van der Waals surface area contributed by atoms with Crippen LogP contribution in [0.4, 0.5) is 10.1 Å². The minimum Gasteiger partial charge on any atom is -0.367 e. The molecule has 0 bridgehead atoms. The molecule has 6 heteroatoms. The summed E-state index contributed by atoms with van der Waals surface area (Å²) in [6.45, 7) is 3.19. The highest BCUT2D eigenvalue weighted by Gasteiger charge is 2.23. The number of nitriles is 1. The van der Waals surface area contributed by atoms with Crippen LogP contribution in [0.3, 0.4) is 0 Å². The predicted octanol–water partition coefficient (Wildman–Crippen LogP) is 2.47. The van der Waals surface area contributed by atoms with Crippen LogP contribution in [0.2, 0.25) is 0 Å². The number of nitrogens with zero attached hydrogens (tertiary/aromatic N) is 3. The van der Waals surface area contributed by atoms with Crippen molar-refractivity contribution in [3.63, 3.8) is 0 Å². The van der Waals surface area contributed by atoms with E-state index in [1.54, 1.807) is 10.6 Å². The lowest BCUT2D eigenvalue weighted by molar-refractivity contribution is 0.589. The Morgan fingerprint density at radius 3 is 2.56 bits per heavy atom. The molecule has 1 saturated heterocycles. The van der Waals surface area contributed by atoms with E-state index in [4.69, 9.17) is 0 Å². The molecular weight excluding hydrogens is 343 g/mol. The van der Waals surface area contributed by atoms with Gasteiger partial charge < -0.3 is 14.8 Å². The number of aromatic nitrogens is 1. The molecule has 4 rings (SSSR count). The molecule has 1 fully saturated rings. The van der Waals surface area contributed by atoms with Crippen LogP contribution >= 0.6 is 0 Å². The maximum Gasteiger partial charge on any atom is 0.271 e. The summed E-state index contributed by atoms with van der Waals surface area (Å²) in [5.74, 6) is -0.382. The summed E-state index contributed by atoms with van der Waals surface area (Å²) in [6, 6.07) is 16.1. The first kappa shape index (κ1) is 17.3. The third kappa shape index (κ3) is 3.18. The summed E-state index contributed by atoms with van der Waals surface area (Å²) in [6.07, 6.45) is 0. The molecule has 0 amide bonds. The number of halogens is 1. The fraction of sp³-hybridized carbons (Fsp3) is 0.238. The van der Waals surface area contributed by atoms with Crippen molar-refractivity contribution in [2.75, 3.05) is 31.1 Å². The molecule has 1 aliphatic rings. The monoisotopic (exact) mass is 362 g/mol. The van der Waals surface area contributed by atoms with Crippen LogP contribution in [0, 0.1) is 17.1 Å². The van der Waals surface area contributed by atoms with Crippen LogP contribution in [0.1, 0.15) is 11.1 Å². The quantitative estimate of drug-likeness (QED) is 0.778. The highest BCUT2D eigenvalue weighted by molar-refractivity contribution is 5.95. The van der Waals surface area contributed by atoms with E-state index < -0.39 is 0 Å². The van der Waals surface area contributed by atoms with Crippen molar-refractivity contribution in [2.24, 2.45) is 0 Å². The molecule has 0 spiro atoms. The van der Waals surface area contributed by atoms with Gasteiger partial charge in [-0.1, -0.05) is 30.3 Å². The van der Waals surface area contributed by atoms with Gasteiger partial charge in [0.05, 0.1) is 17.7 Å². The van der Waals surface area contributed by atoms with Crippen LogP contribution in [0.5, 0.6) is 0 Å². The number of benzene rings is 2. The lowest BCUT2D eigenvalue weighted by Gasteiger charge is -2.31. The molecule has 0 atom stereocenters. The van der Waals surface area contributed by atoms with Crippen molar-refractivity contribution in [2.45, 2.75) is 6.54 Å². The Bertz CT molecular complexity index is 1080. The van der Waals surface area contributed by atoms with Crippen LogP contribution in [-0.4, -0.2) is 30.7 Å².